The molecule has 39 heavy (non-hydrogen) atoms. The van der Waals surface area contributed by atoms with Crippen LogP contribution < -0.4 is 5.32 Å². The molecule has 3 saturated carbocycles. The number of allylic oxidation sites excluding steroid dienone is 1. The number of hydrogen-bond donors (Lipinski definition) is 3. The number of amides is 1. The molecule has 4 aliphatic carbocycles. The van der Waals surface area contributed by atoms with Crippen molar-refractivity contribution in [2.24, 2.45) is 28.6 Å². The van der Waals surface area contributed by atoms with Gasteiger partial charge in [-0.15, -0.1) is 11.3 Å². The second-order valence-corrected chi connectivity index (χ2v) is 13.4. The lowest BCUT2D eigenvalue weighted by Crippen LogP contribution is -2.62. The summed E-state index contributed by atoms with van der Waals surface area (Å²) in [5.74, 6) is -1.13. The zero-order chi connectivity index (χ0) is 28.0. The lowest BCUT2D eigenvalue weighted by molar-refractivity contribution is -0.184. The maximum atomic E-state index is 13.4. The van der Waals surface area contributed by atoms with Gasteiger partial charge >= 0.3 is 5.97 Å². The van der Waals surface area contributed by atoms with Crippen LogP contribution in [-0.4, -0.2) is 52.0 Å². The van der Waals surface area contributed by atoms with E-state index in [1.165, 1.54) is 11.3 Å². The Morgan fingerprint density at radius 2 is 1.95 bits per heavy atom. The van der Waals surface area contributed by atoms with Crippen molar-refractivity contribution in [2.45, 2.75) is 89.9 Å². The fraction of sp³-hybridized carbons (Fsp3) is 0.667. The fourth-order valence-electron chi connectivity index (χ4n) is 8.39. The topological polar surface area (TPSA) is 130 Å². The maximum absolute atomic E-state index is 13.4. The molecule has 1 amide bonds. The SMILES string of the molecule is C[C@]12CCC(=O)C=C1CC[C@@H]1[C@H]2[C@@H](O)C[C@@]2(C)[C@@H]1CC[C@]2(O)C(=O)COC(=O)CCC(=O)NCc1cccs1. The molecule has 3 N–H and O–H groups in total. The minimum absolute atomic E-state index is 0.00934. The smallest absolute Gasteiger partial charge is 0.306 e. The standard InChI is InChI=1S/C30H39NO7S/c1-28-11-9-19(32)14-18(28)5-6-21-22-10-12-30(37,29(22,2)15-23(33)27(21)28)24(34)17-38-26(36)8-7-25(35)31-16-20-4-3-13-39-20/h3-4,13-14,21-23,27,33,37H,5-12,15-17H2,1-2H3,(H,31,35)/t21-,22+,23-,27-,28-,29-,30-/m0/s1. The summed E-state index contributed by atoms with van der Waals surface area (Å²) in [5.41, 5.74) is -1.63. The van der Waals surface area contributed by atoms with Gasteiger partial charge in [-0.3, -0.25) is 19.2 Å². The van der Waals surface area contributed by atoms with Gasteiger partial charge in [0.25, 0.3) is 0 Å². The number of Topliss-reactive ketones (excluding diaryl/α,β-unsaturated/α-hetero) is 1. The molecule has 0 aliphatic heterocycles. The van der Waals surface area contributed by atoms with Gasteiger partial charge in [-0.2, -0.15) is 0 Å². The van der Waals surface area contributed by atoms with E-state index in [4.69, 9.17) is 4.74 Å². The number of aliphatic hydroxyl groups excluding tert-OH is 1. The molecule has 0 spiro atoms. The van der Waals surface area contributed by atoms with Gasteiger partial charge < -0.3 is 20.3 Å². The minimum atomic E-state index is -1.69. The maximum Gasteiger partial charge on any atom is 0.306 e. The van der Waals surface area contributed by atoms with Crippen molar-refractivity contribution in [3.8, 4) is 0 Å². The van der Waals surface area contributed by atoms with Crippen LogP contribution in [0.1, 0.15) is 76.5 Å². The molecule has 1 aromatic rings. The summed E-state index contributed by atoms with van der Waals surface area (Å²) >= 11 is 1.53. The lowest BCUT2D eigenvalue weighted by Gasteiger charge is -2.60. The Morgan fingerprint density at radius 1 is 1.15 bits per heavy atom. The molecule has 0 saturated heterocycles. The van der Waals surface area contributed by atoms with Crippen LogP contribution in [0.15, 0.2) is 29.2 Å². The number of fused-ring (bicyclic) bond motifs is 5. The van der Waals surface area contributed by atoms with Crippen LogP contribution in [0.25, 0.3) is 0 Å². The van der Waals surface area contributed by atoms with Gasteiger partial charge in [-0.05, 0) is 79.2 Å². The average Bonchev–Trinajstić information content (AvgIpc) is 3.51. The van der Waals surface area contributed by atoms with Crippen molar-refractivity contribution in [1.29, 1.82) is 0 Å². The van der Waals surface area contributed by atoms with Crippen molar-refractivity contribution in [3.05, 3.63) is 34.0 Å². The molecule has 0 bridgehead atoms. The minimum Gasteiger partial charge on any atom is -0.458 e. The van der Waals surface area contributed by atoms with Crippen molar-refractivity contribution < 1.29 is 34.1 Å². The molecule has 0 unspecified atom stereocenters. The number of hydrogen-bond acceptors (Lipinski definition) is 8. The summed E-state index contributed by atoms with van der Waals surface area (Å²) in [4.78, 5) is 50.8. The molecule has 1 heterocycles. The third-order valence-electron chi connectivity index (χ3n) is 10.5. The number of carbonyl (C=O) groups is 4. The number of thiophene rings is 1. The van der Waals surface area contributed by atoms with Gasteiger partial charge in [-0.1, -0.05) is 25.5 Å². The van der Waals surface area contributed by atoms with Crippen LogP contribution in [0.3, 0.4) is 0 Å². The van der Waals surface area contributed by atoms with Gasteiger partial charge in [0.1, 0.15) is 5.60 Å². The summed E-state index contributed by atoms with van der Waals surface area (Å²) in [6.07, 6.45) is 4.95. The van der Waals surface area contributed by atoms with Gasteiger partial charge in [0, 0.05) is 23.1 Å². The van der Waals surface area contributed by atoms with Crippen LogP contribution >= 0.6 is 11.3 Å². The van der Waals surface area contributed by atoms with E-state index in [2.05, 4.69) is 12.2 Å². The first-order valence-electron chi connectivity index (χ1n) is 14.1. The highest BCUT2D eigenvalue weighted by Crippen LogP contribution is 2.67. The lowest BCUT2D eigenvalue weighted by atomic mass is 9.45. The normalized spacial score (nSPS) is 37.2. The Bertz CT molecular complexity index is 1180. The Kier molecular flexibility index (Phi) is 7.63. The monoisotopic (exact) mass is 557 g/mol. The van der Waals surface area contributed by atoms with Crippen molar-refractivity contribution in [2.75, 3.05) is 6.61 Å². The number of ketones is 2. The summed E-state index contributed by atoms with van der Waals surface area (Å²) < 4.78 is 5.21. The quantitative estimate of drug-likeness (QED) is 0.417. The number of esters is 1. The Balaban J connectivity index is 1.19. The van der Waals surface area contributed by atoms with E-state index >= 15 is 0 Å². The highest BCUT2D eigenvalue weighted by Gasteiger charge is 2.68. The molecule has 4 aliphatic rings. The fourth-order valence-corrected chi connectivity index (χ4v) is 9.04. The molecular weight excluding hydrogens is 518 g/mol. The van der Waals surface area contributed by atoms with Crippen LogP contribution in [0.2, 0.25) is 0 Å². The highest BCUT2D eigenvalue weighted by atomic mass is 32.1. The first kappa shape index (κ1) is 28.2. The number of carbonyl (C=O) groups excluding carboxylic acids is 4. The van der Waals surface area contributed by atoms with Crippen molar-refractivity contribution in [1.82, 2.24) is 5.32 Å². The summed E-state index contributed by atoms with van der Waals surface area (Å²) in [7, 11) is 0. The van der Waals surface area contributed by atoms with Crippen molar-refractivity contribution >= 4 is 34.8 Å². The van der Waals surface area contributed by atoms with E-state index in [1.54, 1.807) is 6.08 Å². The Labute approximate surface area is 233 Å². The van der Waals surface area contributed by atoms with Crippen molar-refractivity contribution in [3.63, 3.8) is 0 Å². The zero-order valence-electron chi connectivity index (χ0n) is 22.7. The number of ether oxygens (including phenoxy) is 1. The van der Waals surface area contributed by atoms with E-state index < -0.39 is 35.5 Å². The van der Waals surface area contributed by atoms with Crippen LogP contribution in [0.5, 0.6) is 0 Å². The van der Waals surface area contributed by atoms with E-state index in [1.807, 2.05) is 24.4 Å². The van der Waals surface area contributed by atoms with Crippen LogP contribution in [0.4, 0.5) is 0 Å². The highest BCUT2D eigenvalue weighted by molar-refractivity contribution is 7.09. The summed E-state index contributed by atoms with van der Waals surface area (Å²) in [5, 5.41) is 27.9. The molecule has 7 atom stereocenters. The number of nitrogens with one attached hydrogen (secondary N) is 1. The van der Waals surface area contributed by atoms with E-state index in [0.29, 0.717) is 19.4 Å². The largest absolute Gasteiger partial charge is 0.458 e. The predicted molar refractivity (Wildman–Crippen MR) is 144 cm³/mol. The second-order valence-electron chi connectivity index (χ2n) is 12.4. The summed E-state index contributed by atoms with van der Waals surface area (Å²) in [6.45, 7) is 3.92. The predicted octanol–water partition coefficient (Wildman–Crippen LogP) is 3.49. The molecule has 0 aromatic carbocycles. The van der Waals surface area contributed by atoms with Crippen LogP contribution in [0, 0.1) is 28.6 Å². The molecular formula is C30H39NO7S. The van der Waals surface area contributed by atoms with Gasteiger partial charge in [0.2, 0.25) is 11.7 Å². The summed E-state index contributed by atoms with van der Waals surface area (Å²) in [6, 6.07) is 3.81. The molecule has 9 heteroatoms. The molecule has 212 valence electrons. The van der Waals surface area contributed by atoms with E-state index in [-0.39, 0.29) is 60.5 Å². The molecule has 5 rings (SSSR count). The zero-order valence-corrected chi connectivity index (χ0v) is 23.6. The Morgan fingerprint density at radius 3 is 2.69 bits per heavy atom. The molecule has 1 aromatic heterocycles. The molecule has 0 radical (unpaired) electrons. The van der Waals surface area contributed by atoms with Gasteiger partial charge in [-0.25, -0.2) is 0 Å². The van der Waals surface area contributed by atoms with Crippen LogP contribution in [-0.2, 0) is 30.5 Å². The van der Waals surface area contributed by atoms with E-state index in [0.717, 1.165) is 29.7 Å². The number of rotatable bonds is 8. The second kappa shape index (κ2) is 10.6. The Hall–Kier alpha value is -2.36. The first-order valence-corrected chi connectivity index (χ1v) is 15.0. The van der Waals surface area contributed by atoms with E-state index in [9.17, 15) is 29.4 Å². The van der Waals surface area contributed by atoms with Gasteiger partial charge in [0.05, 0.1) is 19.1 Å². The molecule has 8 nitrogen and oxygen atoms in total. The number of aliphatic hydroxyl groups is 2. The van der Waals surface area contributed by atoms with Gasteiger partial charge in [0.15, 0.2) is 12.4 Å². The molecule has 3 fully saturated rings. The third-order valence-corrected chi connectivity index (χ3v) is 11.3. The third kappa shape index (κ3) is 4.91. The first-order chi connectivity index (χ1) is 18.5. The average molecular weight is 558 g/mol.